The first kappa shape index (κ1) is 17.9. The Morgan fingerprint density at radius 3 is 0.958 bits per heavy atom. The van der Waals surface area contributed by atoms with Gasteiger partial charge in [0.15, 0.2) is 0 Å². The number of hydrogen-bond donors (Lipinski definition) is 3. The van der Waals surface area contributed by atoms with Crippen LogP contribution >= 0.6 is 0 Å². The number of benzene rings is 3. The predicted octanol–water partition coefficient (Wildman–Crippen LogP) is 3.24. The molecule has 0 saturated heterocycles. The van der Waals surface area contributed by atoms with Crippen molar-refractivity contribution in [3.05, 3.63) is 91.0 Å². The maximum Gasteiger partial charge on any atom is 0.631 e. The van der Waals surface area contributed by atoms with Crippen LogP contribution in [-0.2, 0) is 0 Å². The van der Waals surface area contributed by atoms with Gasteiger partial charge in [0.2, 0.25) is 0 Å². The van der Waals surface area contributed by atoms with Gasteiger partial charge in [-0.05, 0) is 36.4 Å². The van der Waals surface area contributed by atoms with Gasteiger partial charge in [-0.25, -0.2) is 4.48 Å². The Kier molecular flexibility index (Phi) is 6.29. The van der Waals surface area contributed by atoms with Gasteiger partial charge in [0, 0.05) is 0 Å². The highest BCUT2D eigenvalue weighted by Gasteiger charge is 2.30. The van der Waals surface area contributed by atoms with Gasteiger partial charge < -0.3 is 15.1 Å². The summed E-state index contributed by atoms with van der Waals surface area (Å²) in [6.07, 6.45) is 0. The van der Waals surface area contributed by atoms with Crippen LogP contribution in [0, 0.1) is 0 Å². The Morgan fingerprint density at radius 2 is 0.750 bits per heavy atom. The topological polar surface area (TPSA) is 60.7 Å². The van der Waals surface area contributed by atoms with Gasteiger partial charge in [-0.3, -0.25) is 0 Å². The number of rotatable bonds is 3. The number of hydrogen-bond acceptors (Lipinski definition) is 3. The van der Waals surface area contributed by atoms with Crippen molar-refractivity contribution in [3.63, 3.8) is 0 Å². The molecule has 0 spiro atoms. The van der Waals surface area contributed by atoms with E-state index < -0.39 is 7.32 Å². The van der Waals surface area contributed by atoms with E-state index in [1.807, 2.05) is 0 Å². The van der Waals surface area contributed by atoms with Crippen molar-refractivity contribution in [1.82, 2.24) is 4.48 Å². The lowest BCUT2D eigenvalue weighted by atomic mass is 10.1. The highest BCUT2D eigenvalue weighted by atomic mass is 16.5. The molecular formula is C19H21BNO3+. The molecular weight excluding hydrogens is 301 g/mol. The fraction of sp³-hybridized carbons (Fsp3) is 0.0526. The molecule has 0 heterocycles. The molecule has 5 heteroatoms. The number of quaternary nitrogens is 1. The molecule has 0 aliphatic carbocycles. The highest BCUT2D eigenvalue weighted by Crippen LogP contribution is 2.41. The first-order chi connectivity index (χ1) is 11.5. The molecule has 0 aliphatic heterocycles. The van der Waals surface area contributed by atoms with Crippen molar-refractivity contribution in [3.8, 4) is 0 Å². The van der Waals surface area contributed by atoms with Gasteiger partial charge in [0.05, 0.1) is 7.05 Å². The Hall–Kier alpha value is -2.44. The van der Waals surface area contributed by atoms with E-state index in [0.29, 0.717) is 4.48 Å². The van der Waals surface area contributed by atoms with Gasteiger partial charge in [-0.2, -0.15) is 0 Å². The zero-order valence-electron chi connectivity index (χ0n) is 13.5. The molecule has 0 fully saturated rings. The Bertz CT molecular complexity index is 622. The third-order valence-electron chi connectivity index (χ3n) is 3.82. The second kappa shape index (κ2) is 8.43. The summed E-state index contributed by atoms with van der Waals surface area (Å²) in [6, 6.07) is 31.8. The lowest BCUT2D eigenvalue weighted by Gasteiger charge is -2.33. The van der Waals surface area contributed by atoms with Gasteiger partial charge in [-0.1, -0.05) is 54.6 Å². The third kappa shape index (κ3) is 4.31. The Labute approximate surface area is 142 Å². The summed E-state index contributed by atoms with van der Waals surface area (Å²) < 4.78 is 0.669. The van der Waals surface area contributed by atoms with Crippen LogP contribution in [0.2, 0.25) is 0 Å². The second-order valence-electron chi connectivity index (χ2n) is 5.36. The highest BCUT2D eigenvalue weighted by molar-refractivity contribution is 6.30. The summed E-state index contributed by atoms with van der Waals surface area (Å²) >= 11 is 0. The van der Waals surface area contributed by atoms with Crippen LogP contribution in [0.5, 0.6) is 0 Å². The van der Waals surface area contributed by atoms with Crippen molar-refractivity contribution in [2.24, 2.45) is 0 Å². The van der Waals surface area contributed by atoms with E-state index in [1.165, 1.54) is 17.1 Å². The summed E-state index contributed by atoms with van der Waals surface area (Å²) in [5.74, 6) is 0. The fourth-order valence-corrected chi connectivity index (χ4v) is 2.63. The molecule has 0 unspecified atom stereocenters. The molecule has 122 valence electrons. The van der Waals surface area contributed by atoms with Crippen LogP contribution < -0.4 is 4.48 Å². The minimum atomic E-state index is -2.17. The van der Waals surface area contributed by atoms with E-state index in [4.69, 9.17) is 15.1 Å². The molecule has 0 bridgehead atoms. The average molecular weight is 322 g/mol. The molecule has 3 N–H and O–H groups in total. The molecule has 3 rings (SSSR count). The van der Waals surface area contributed by atoms with E-state index in [0.717, 1.165) is 0 Å². The maximum atomic E-state index is 7.17. The molecule has 0 aromatic heterocycles. The minimum absolute atomic E-state index is 0.669. The Balaban J connectivity index is 0.000000471. The van der Waals surface area contributed by atoms with Crippen LogP contribution in [0.4, 0.5) is 17.1 Å². The molecule has 0 saturated carbocycles. The van der Waals surface area contributed by atoms with Crippen molar-refractivity contribution in [2.75, 3.05) is 7.05 Å². The van der Waals surface area contributed by atoms with Crippen molar-refractivity contribution >= 4 is 24.4 Å². The summed E-state index contributed by atoms with van der Waals surface area (Å²) in [5.41, 5.74) is 3.76. The predicted molar refractivity (Wildman–Crippen MR) is 98.8 cm³/mol. The lowest BCUT2D eigenvalue weighted by Crippen LogP contribution is -2.33. The van der Waals surface area contributed by atoms with E-state index in [-0.39, 0.29) is 0 Å². The van der Waals surface area contributed by atoms with Gasteiger partial charge in [0.1, 0.15) is 17.1 Å². The van der Waals surface area contributed by atoms with Crippen molar-refractivity contribution in [1.29, 1.82) is 0 Å². The van der Waals surface area contributed by atoms with Gasteiger partial charge in [-0.15, -0.1) is 0 Å². The van der Waals surface area contributed by atoms with Crippen LogP contribution in [0.1, 0.15) is 0 Å². The normalized spacial score (nSPS) is 10.5. The van der Waals surface area contributed by atoms with Crippen molar-refractivity contribution < 1.29 is 15.1 Å². The number of para-hydroxylation sites is 3. The Morgan fingerprint density at radius 1 is 0.542 bits per heavy atom. The summed E-state index contributed by atoms with van der Waals surface area (Å²) in [7, 11) is 0.0694. The van der Waals surface area contributed by atoms with Crippen LogP contribution in [0.3, 0.4) is 0 Å². The summed E-state index contributed by atoms with van der Waals surface area (Å²) in [4.78, 5) is 0. The smallest absolute Gasteiger partial charge is 0.402 e. The van der Waals surface area contributed by atoms with E-state index >= 15 is 0 Å². The lowest BCUT2D eigenvalue weighted by molar-refractivity contribution is 0.278. The monoisotopic (exact) mass is 322 g/mol. The van der Waals surface area contributed by atoms with Gasteiger partial charge >= 0.3 is 7.32 Å². The summed E-state index contributed by atoms with van der Waals surface area (Å²) in [5, 5.41) is 21.5. The van der Waals surface area contributed by atoms with Crippen LogP contribution in [0.15, 0.2) is 91.0 Å². The molecule has 0 radical (unpaired) electrons. The van der Waals surface area contributed by atoms with Crippen LogP contribution in [0.25, 0.3) is 0 Å². The molecule has 0 amide bonds. The second-order valence-corrected chi connectivity index (χ2v) is 5.36. The van der Waals surface area contributed by atoms with E-state index in [1.54, 1.807) is 0 Å². The van der Waals surface area contributed by atoms with Gasteiger partial charge in [0.25, 0.3) is 0 Å². The van der Waals surface area contributed by atoms with Crippen molar-refractivity contribution in [2.45, 2.75) is 0 Å². The SMILES string of the molecule is C[N+](c1ccccc1)(c1ccccc1)c1ccccc1.OB(O)O. The van der Waals surface area contributed by atoms with Crippen LogP contribution in [-0.4, -0.2) is 29.4 Å². The molecule has 4 nitrogen and oxygen atoms in total. The average Bonchev–Trinajstić information content (AvgIpc) is 2.63. The zero-order chi connectivity index (χ0) is 17.4. The first-order valence-corrected chi connectivity index (χ1v) is 7.62. The molecule has 0 aliphatic rings. The molecule has 0 atom stereocenters. The summed E-state index contributed by atoms with van der Waals surface area (Å²) in [6.45, 7) is 0. The van der Waals surface area contributed by atoms with E-state index in [2.05, 4.69) is 98.0 Å². The molecule has 24 heavy (non-hydrogen) atoms. The first-order valence-electron chi connectivity index (χ1n) is 7.62. The zero-order valence-corrected chi connectivity index (χ0v) is 13.5. The standard InChI is InChI=1S/C19H18N.BH3O3/c1-20(17-11-5-2-6-12-17,18-13-7-3-8-14-18)19-15-9-4-10-16-19;2-1(3)4/h2-16H,1H3;2-4H/q+1;. The quantitative estimate of drug-likeness (QED) is 0.512. The molecule has 3 aromatic rings. The largest absolute Gasteiger partial charge is 0.631 e. The third-order valence-corrected chi connectivity index (χ3v) is 3.82. The molecule has 3 aromatic carbocycles. The number of nitrogens with zero attached hydrogens (tertiary/aromatic N) is 1. The van der Waals surface area contributed by atoms with E-state index in [9.17, 15) is 0 Å². The minimum Gasteiger partial charge on any atom is -0.402 e. The maximum absolute atomic E-state index is 7.17. The fourth-order valence-electron chi connectivity index (χ4n) is 2.63.